The number of nitrogens with zero attached hydrogens (tertiary/aromatic N) is 3. The van der Waals surface area contributed by atoms with E-state index in [9.17, 15) is 4.79 Å². The van der Waals surface area contributed by atoms with Crippen LogP contribution in [0.2, 0.25) is 0 Å². The highest BCUT2D eigenvalue weighted by molar-refractivity contribution is 6.05. The first-order valence-electron chi connectivity index (χ1n) is 6.84. The van der Waals surface area contributed by atoms with Gasteiger partial charge in [0.05, 0.1) is 11.1 Å². The normalized spacial score (nSPS) is 10.7. The van der Waals surface area contributed by atoms with Gasteiger partial charge in [0, 0.05) is 44.0 Å². The highest BCUT2D eigenvalue weighted by atomic mass is 16.1. The van der Waals surface area contributed by atoms with Gasteiger partial charge in [-0.1, -0.05) is 18.2 Å². The first-order valence-corrected chi connectivity index (χ1v) is 6.84. The number of hydrogen-bond acceptors (Lipinski definition) is 3. The molecule has 0 aliphatic heterocycles. The van der Waals surface area contributed by atoms with Crippen LogP contribution in [0.1, 0.15) is 16.2 Å². The summed E-state index contributed by atoms with van der Waals surface area (Å²) in [7, 11) is 1.94. The summed E-state index contributed by atoms with van der Waals surface area (Å²) in [5.74, 6) is 0.847. The molecule has 21 heavy (non-hydrogen) atoms. The van der Waals surface area contributed by atoms with E-state index in [1.165, 1.54) is 0 Å². The Morgan fingerprint density at radius 1 is 1.19 bits per heavy atom. The second-order valence-corrected chi connectivity index (χ2v) is 4.84. The number of fused-ring (bicyclic) bond motifs is 1. The zero-order chi connectivity index (χ0) is 14.7. The van der Waals surface area contributed by atoms with E-state index in [0.717, 1.165) is 16.7 Å². The lowest BCUT2D eigenvalue weighted by atomic mass is 10.1. The molecule has 5 nitrogen and oxygen atoms in total. The van der Waals surface area contributed by atoms with E-state index >= 15 is 0 Å². The molecule has 2 aromatic heterocycles. The topological polar surface area (TPSA) is 59.8 Å². The average molecular weight is 280 g/mol. The van der Waals surface area contributed by atoms with E-state index in [1.54, 1.807) is 18.5 Å². The minimum atomic E-state index is -0.103. The van der Waals surface area contributed by atoms with Crippen molar-refractivity contribution in [2.45, 2.75) is 6.42 Å². The number of carbonyl (C=O) groups excluding carboxylic acids is 1. The second kappa shape index (κ2) is 5.75. The van der Waals surface area contributed by atoms with Crippen molar-refractivity contribution >= 4 is 16.8 Å². The average Bonchev–Trinajstić information content (AvgIpc) is 2.92. The monoisotopic (exact) mass is 280 g/mol. The standard InChI is InChI=1S/C16H16N4O/c1-20-11-10-17-14(20)7-9-19-16(21)13-6-2-4-12-5-3-8-18-15(12)13/h2-6,8,10-11H,7,9H2,1H3,(H,19,21). The largest absolute Gasteiger partial charge is 0.352 e. The Bertz CT molecular complexity index is 773. The molecule has 0 saturated heterocycles. The zero-order valence-corrected chi connectivity index (χ0v) is 11.8. The van der Waals surface area contributed by atoms with Crippen molar-refractivity contribution in [1.29, 1.82) is 0 Å². The molecule has 0 spiro atoms. The van der Waals surface area contributed by atoms with Crippen molar-refractivity contribution in [2.75, 3.05) is 6.54 Å². The van der Waals surface area contributed by atoms with Gasteiger partial charge in [-0.15, -0.1) is 0 Å². The fraction of sp³-hybridized carbons (Fsp3) is 0.188. The van der Waals surface area contributed by atoms with Gasteiger partial charge in [-0.3, -0.25) is 9.78 Å². The minimum absolute atomic E-state index is 0.103. The maximum Gasteiger partial charge on any atom is 0.253 e. The Labute approximate surface area is 122 Å². The van der Waals surface area contributed by atoms with Crippen molar-refractivity contribution in [1.82, 2.24) is 19.9 Å². The van der Waals surface area contributed by atoms with Gasteiger partial charge in [-0.05, 0) is 12.1 Å². The molecule has 3 rings (SSSR count). The molecule has 0 fully saturated rings. The smallest absolute Gasteiger partial charge is 0.253 e. The Hall–Kier alpha value is -2.69. The number of aromatic nitrogens is 3. The second-order valence-electron chi connectivity index (χ2n) is 4.84. The van der Waals surface area contributed by atoms with Crippen LogP contribution < -0.4 is 5.32 Å². The van der Waals surface area contributed by atoms with Crippen LogP contribution >= 0.6 is 0 Å². The van der Waals surface area contributed by atoms with E-state index in [2.05, 4.69) is 15.3 Å². The molecule has 106 valence electrons. The summed E-state index contributed by atoms with van der Waals surface area (Å²) in [6, 6.07) is 9.44. The number of para-hydroxylation sites is 1. The van der Waals surface area contributed by atoms with Crippen LogP contribution in [-0.4, -0.2) is 27.0 Å². The number of rotatable bonds is 4. The summed E-state index contributed by atoms with van der Waals surface area (Å²) in [6.45, 7) is 0.549. The molecular formula is C16H16N4O. The quantitative estimate of drug-likeness (QED) is 0.794. The highest BCUT2D eigenvalue weighted by Gasteiger charge is 2.10. The van der Waals surface area contributed by atoms with E-state index < -0.39 is 0 Å². The number of amides is 1. The van der Waals surface area contributed by atoms with Crippen LogP contribution in [0.15, 0.2) is 48.9 Å². The molecule has 0 radical (unpaired) electrons. The maximum atomic E-state index is 12.3. The molecule has 0 atom stereocenters. The molecule has 0 bridgehead atoms. The highest BCUT2D eigenvalue weighted by Crippen LogP contribution is 2.15. The fourth-order valence-corrected chi connectivity index (χ4v) is 2.31. The summed E-state index contributed by atoms with van der Waals surface area (Å²) in [4.78, 5) is 20.8. The third-order valence-corrected chi connectivity index (χ3v) is 3.43. The molecule has 5 heteroatoms. The van der Waals surface area contributed by atoms with Gasteiger partial charge in [0.1, 0.15) is 5.82 Å². The van der Waals surface area contributed by atoms with Gasteiger partial charge in [-0.25, -0.2) is 4.98 Å². The first kappa shape index (κ1) is 13.3. The summed E-state index contributed by atoms with van der Waals surface area (Å²) in [6.07, 6.45) is 6.05. The Morgan fingerprint density at radius 3 is 2.86 bits per heavy atom. The summed E-state index contributed by atoms with van der Waals surface area (Å²) in [5.41, 5.74) is 1.34. The maximum absolute atomic E-state index is 12.3. The lowest BCUT2D eigenvalue weighted by molar-refractivity contribution is 0.0955. The van der Waals surface area contributed by atoms with Gasteiger partial charge in [0.2, 0.25) is 0 Å². The van der Waals surface area contributed by atoms with Crippen LogP contribution in [0, 0.1) is 0 Å². The Morgan fingerprint density at radius 2 is 2.05 bits per heavy atom. The summed E-state index contributed by atoms with van der Waals surface area (Å²) >= 11 is 0. The molecule has 1 amide bonds. The van der Waals surface area contributed by atoms with Crippen molar-refractivity contribution in [3.63, 3.8) is 0 Å². The van der Waals surface area contributed by atoms with E-state index in [0.29, 0.717) is 18.5 Å². The van der Waals surface area contributed by atoms with Crippen LogP contribution in [0.4, 0.5) is 0 Å². The Balaban J connectivity index is 1.71. The molecule has 3 aromatic rings. The van der Waals surface area contributed by atoms with Crippen LogP contribution in [0.3, 0.4) is 0 Å². The third kappa shape index (κ3) is 2.76. The lowest BCUT2D eigenvalue weighted by Crippen LogP contribution is -2.26. The van der Waals surface area contributed by atoms with E-state index in [4.69, 9.17) is 0 Å². The predicted octanol–water partition coefficient (Wildman–Crippen LogP) is 1.94. The number of nitrogens with one attached hydrogen (secondary N) is 1. The number of aryl methyl sites for hydroxylation is 1. The molecule has 1 aromatic carbocycles. The van der Waals surface area contributed by atoms with Gasteiger partial charge in [0.15, 0.2) is 0 Å². The summed E-state index contributed by atoms with van der Waals surface area (Å²) < 4.78 is 1.95. The van der Waals surface area contributed by atoms with Gasteiger partial charge < -0.3 is 9.88 Å². The molecule has 0 unspecified atom stereocenters. The van der Waals surface area contributed by atoms with Crippen molar-refractivity contribution in [2.24, 2.45) is 7.05 Å². The van der Waals surface area contributed by atoms with Crippen LogP contribution in [0.5, 0.6) is 0 Å². The van der Waals surface area contributed by atoms with E-state index in [1.807, 2.05) is 42.1 Å². The van der Waals surface area contributed by atoms with Crippen molar-refractivity contribution in [3.8, 4) is 0 Å². The number of carbonyl (C=O) groups is 1. The molecule has 0 saturated carbocycles. The molecule has 1 N–H and O–H groups in total. The first-order chi connectivity index (χ1) is 10.3. The zero-order valence-electron chi connectivity index (χ0n) is 11.8. The SMILES string of the molecule is Cn1ccnc1CCNC(=O)c1cccc2cccnc12. The predicted molar refractivity (Wildman–Crippen MR) is 81.0 cm³/mol. The van der Waals surface area contributed by atoms with Gasteiger partial charge in [0.25, 0.3) is 5.91 Å². The molecular weight excluding hydrogens is 264 g/mol. The third-order valence-electron chi connectivity index (χ3n) is 3.43. The van der Waals surface area contributed by atoms with Crippen LogP contribution in [0.25, 0.3) is 10.9 Å². The number of hydrogen-bond donors (Lipinski definition) is 1. The number of benzene rings is 1. The Kier molecular flexibility index (Phi) is 3.64. The van der Waals surface area contributed by atoms with Gasteiger partial charge >= 0.3 is 0 Å². The lowest BCUT2D eigenvalue weighted by Gasteiger charge is -2.07. The molecule has 2 heterocycles. The van der Waals surface area contributed by atoms with Crippen LogP contribution in [-0.2, 0) is 13.5 Å². The number of pyridine rings is 1. The van der Waals surface area contributed by atoms with E-state index in [-0.39, 0.29) is 5.91 Å². The fourth-order valence-electron chi connectivity index (χ4n) is 2.31. The molecule has 0 aliphatic carbocycles. The van der Waals surface area contributed by atoms with Gasteiger partial charge in [-0.2, -0.15) is 0 Å². The summed E-state index contributed by atoms with van der Waals surface area (Å²) in [5, 5.41) is 3.89. The number of imidazole rings is 1. The van der Waals surface area contributed by atoms with Crippen molar-refractivity contribution < 1.29 is 4.79 Å². The van der Waals surface area contributed by atoms with Crippen molar-refractivity contribution in [3.05, 3.63) is 60.3 Å². The minimum Gasteiger partial charge on any atom is -0.352 e. The molecule has 0 aliphatic rings.